The fraction of sp³-hybridized carbons (Fsp3) is 0.647. The highest BCUT2D eigenvalue weighted by molar-refractivity contribution is 6.05. The lowest BCUT2D eigenvalue weighted by Gasteiger charge is -2.38. The van der Waals surface area contributed by atoms with Crippen LogP contribution in [-0.2, 0) is 4.74 Å². The number of H-pyrrole nitrogens is 1. The molecule has 2 heterocycles. The molecule has 122 valence electrons. The number of nitrogens with zero attached hydrogens (tertiary/aromatic N) is 1. The molecule has 0 bridgehead atoms. The minimum atomic E-state index is -0.231. The van der Waals surface area contributed by atoms with Crippen LogP contribution in [0.2, 0.25) is 0 Å². The third-order valence-corrected chi connectivity index (χ3v) is 4.41. The molecular formula is C17H26N2O3. The Kier molecular flexibility index (Phi) is 4.87. The van der Waals surface area contributed by atoms with Gasteiger partial charge in [-0.05, 0) is 47.1 Å². The molecule has 5 nitrogen and oxygen atoms in total. The number of aryl methyl sites for hydroxylation is 1. The van der Waals surface area contributed by atoms with Gasteiger partial charge in [-0.15, -0.1) is 0 Å². The second-order valence-electron chi connectivity index (χ2n) is 6.43. The first-order chi connectivity index (χ1) is 10.2. The van der Waals surface area contributed by atoms with E-state index in [1.54, 1.807) is 0 Å². The van der Waals surface area contributed by atoms with Crippen LogP contribution in [0.25, 0.3) is 0 Å². The molecule has 0 aromatic carbocycles. The van der Waals surface area contributed by atoms with Crippen molar-refractivity contribution in [2.24, 2.45) is 0 Å². The summed E-state index contributed by atoms with van der Waals surface area (Å²) in [5, 5.41) is 0. The fourth-order valence-corrected chi connectivity index (χ4v) is 3.43. The molecule has 0 spiro atoms. The molecule has 3 atom stereocenters. The minimum absolute atomic E-state index is 0.00781. The number of Topliss-reactive ketones (excluding diaryl/α,β-unsaturated/α-hetero) is 2. The van der Waals surface area contributed by atoms with E-state index in [1.165, 1.54) is 6.92 Å². The molecule has 22 heavy (non-hydrogen) atoms. The summed E-state index contributed by atoms with van der Waals surface area (Å²) in [5.74, 6) is 0.0287. The predicted molar refractivity (Wildman–Crippen MR) is 85.6 cm³/mol. The van der Waals surface area contributed by atoms with Crippen LogP contribution in [0.1, 0.15) is 59.8 Å². The smallest absolute Gasteiger partial charge is 0.196 e. The Morgan fingerprint density at radius 2 is 1.77 bits per heavy atom. The van der Waals surface area contributed by atoms with Gasteiger partial charge in [0, 0.05) is 24.3 Å². The molecular weight excluding hydrogens is 280 g/mol. The average molecular weight is 306 g/mol. The van der Waals surface area contributed by atoms with Gasteiger partial charge in [0.15, 0.2) is 11.6 Å². The van der Waals surface area contributed by atoms with Crippen molar-refractivity contribution in [3.63, 3.8) is 0 Å². The summed E-state index contributed by atoms with van der Waals surface area (Å²) in [6, 6.07) is -0.231. The van der Waals surface area contributed by atoms with Crippen LogP contribution in [0.4, 0.5) is 0 Å². The van der Waals surface area contributed by atoms with Crippen molar-refractivity contribution in [3.8, 4) is 0 Å². The van der Waals surface area contributed by atoms with E-state index in [2.05, 4.69) is 9.88 Å². The zero-order chi connectivity index (χ0) is 16.6. The standard InChI is InChI=1S/C17H26N2O3/c1-9-7-19(8-10(2)22-9)13(5)17(21)16-11(3)15(14(6)20)12(4)18-16/h9-10,13,18H,7-8H2,1-6H3/t9-,10-,13-/m0/s1. The Labute approximate surface area is 132 Å². The van der Waals surface area contributed by atoms with E-state index >= 15 is 0 Å². The fourth-order valence-electron chi connectivity index (χ4n) is 3.43. The number of ether oxygens (including phenoxy) is 1. The molecule has 1 saturated heterocycles. The molecule has 1 N–H and O–H groups in total. The van der Waals surface area contributed by atoms with Crippen molar-refractivity contribution in [1.82, 2.24) is 9.88 Å². The van der Waals surface area contributed by atoms with Gasteiger partial charge in [0.1, 0.15) is 0 Å². The Morgan fingerprint density at radius 3 is 2.23 bits per heavy atom. The maximum atomic E-state index is 12.8. The zero-order valence-corrected chi connectivity index (χ0v) is 14.3. The summed E-state index contributed by atoms with van der Waals surface area (Å²) in [5.41, 5.74) is 2.72. The second-order valence-corrected chi connectivity index (χ2v) is 6.43. The Balaban J connectivity index is 2.24. The molecule has 0 amide bonds. The Bertz CT molecular complexity index is 581. The first-order valence-electron chi connectivity index (χ1n) is 7.86. The lowest BCUT2D eigenvalue weighted by atomic mass is 10.0. The number of aromatic amines is 1. The van der Waals surface area contributed by atoms with Crippen LogP contribution in [-0.4, -0.2) is 52.8 Å². The third kappa shape index (κ3) is 3.15. The summed E-state index contributed by atoms with van der Waals surface area (Å²) in [6.45, 7) is 12.7. The summed E-state index contributed by atoms with van der Waals surface area (Å²) in [6.07, 6.45) is 0.247. The quantitative estimate of drug-likeness (QED) is 0.868. The van der Waals surface area contributed by atoms with Crippen molar-refractivity contribution >= 4 is 11.6 Å². The van der Waals surface area contributed by atoms with Crippen molar-refractivity contribution in [2.75, 3.05) is 13.1 Å². The van der Waals surface area contributed by atoms with Crippen LogP contribution < -0.4 is 0 Å². The largest absolute Gasteiger partial charge is 0.373 e. The molecule has 1 fully saturated rings. The third-order valence-electron chi connectivity index (χ3n) is 4.41. The number of rotatable bonds is 4. The topological polar surface area (TPSA) is 62.4 Å². The van der Waals surface area contributed by atoms with Crippen molar-refractivity contribution in [1.29, 1.82) is 0 Å². The van der Waals surface area contributed by atoms with Gasteiger partial charge in [0.05, 0.1) is 23.9 Å². The second kappa shape index (κ2) is 6.34. The molecule has 0 aliphatic carbocycles. The van der Waals surface area contributed by atoms with Gasteiger partial charge in [-0.25, -0.2) is 0 Å². The molecule has 5 heteroatoms. The number of morpholine rings is 1. The van der Waals surface area contributed by atoms with Gasteiger partial charge in [-0.1, -0.05) is 0 Å². The van der Waals surface area contributed by atoms with Crippen LogP contribution in [0, 0.1) is 13.8 Å². The highest BCUT2D eigenvalue weighted by Crippen LogP contribution is 2.22. The summed E-state index contributed by atoms with van der Waals surface area (Å²) >= 11 is 0. The van der Waals surface area contributed by atoms with E-state index in [-0.39, 0.29) is 29.8 Å². The molecule has 1 aliphatic rings. The monoisotopic (exact) mass is 306 g/mol. The number of hydrogen-bond acceptors (Lipinski definition) is 4. The van der Waals surface area contributed by atoms with Gasteiger partial charge in [-0.3, -0.25) is 14.5 Å². The number of carbonyl (C=O) groups excluding carboxylic acids is 2. The molecule has 0 saturated carbocycles. The van der Waals surface area contributed by atoms with Gasteiger partial charge >= 0.3 is 0 Å². The molecule has 0 radical (unpaired) electrons. The van der Waals surface area contributed by atoms with Crippen LogP contribution in [0.15, 0.2) is 0 Å². The van der Waals surface area contributed by atoms with E-state index in [0.29, 0.717) is 11.3 Å². The molecule has 1 aliphatic heterocycles. The average Bonchev–Trinajstić information content (AvgIpc) is 2.71. The first-order valence-corrected chi connectivity index (χ1v) is 7.86. The Morgan fingerprint density at radius 1 is 1.23 bits per heavy atom. The normalized spacial score (nSPS) is 24.3. The Hall–Kier alpha value is -1.46. The van der Waals surface area contributed by atoms with Gasteiger partial charge < -0.3 is 9.72 Å². The maximum absolute atomic E-state index is 12.8. The van der Waals surface area contributed by atoms with Gasteiger partial charge in [-0.2, -0.15) is 0 Å². The highest BCUT2D eigenvalue weighted by atomic mass is 16.5. The maximum Gasteiger partial charge on any atom is 0.196 e. The number of aromatic nitrogens is 1. The lowest BCUT2D eigenvalue weighted by Crippen LogP contribution is -2.51. The van der Waals surface area contributed by atoms with E-state index < -0.39 is 0 Å². The predicted octanol–water partition coefficient (Wildman–Crippen LogP) is 2.51. The number of hydrogen-bond donors (Lipinski definition) is 1. The molecule has 1 aromatic heterocycles. The van der Waals surface area contributed by atoms with E-state index in [1.807, 2.05) is 34.6 Å². The highest BCUT2D eigenvalue weighted by Gasteiger charge is 2.31. The van der Waals surface area contributed by atoms with Gasteiger partial charge in [0.25, 0.3) is 0 Å². The molecule has 1 aromatic rings. The molecule has 0 unspecified atom stereocenters. The van der Waals surface area contributed by atoms with Crippen molar-refractivity contribution in [2.45, 2.75) is 59.8 Å². The lowest BCUT2D eigenvalue weighted by molar-refractivity contribution is -0.0744. The summed E-state index contributed by atoms with van der Waals surface area (Å²) < 4.78 is 5.72. The van der Waals surface area contributed by atoms with Crippen molar-refractivity contribution < 1.29 is 14.3 Å². The van der Waals surface area contributed by atoms with Gasteiger partial charge in [0.2, 0.25) is 0 Å². The summed E-state index contributed by atoms with van der Waals surface area (Å²) in [4.78, 5) is 29.8. The van der Waals surface area contributed by atoms with Crippen molar-refractivity contribution in [3.05, 3.63) is 22.5 Å². The SMILES string of the molecule is CC(=O)c1c(C)[nH]c(C(=O)[C@H](C)N2C[C@H](C)O[C@@H](C)C2)c1C. The van der Waals surface area contributed by atoms with Crippen LogP contribution in [0.3, 0.4) is 0 Å². The number of carbonyl (C=O) groups is 2. The first kappa shape index (κ1) is 16.9. The van der Waals surface area contributed by atoms with E-state index in [9.17, 15) is 9.59 Å². The van der Waals surface area contributed by atoms with Crippen LogP contribution >= 0.6 is 0 Å². The zero-order valence-electron chi connectivity index (χ0n) is 14.3. The van der Waals surface area contributed by atoms with E-state index in [4.69, 9.17) is 4.74 Å². The number of ketones is 2. The van der Waals surface area contributed by atoms with E-state index in [0.717, 1.165) is 24.3 Å². The summed E-state index contributed by atoms with van der Waals surface area (Å²) in [7, 11) is 0. The minimum Gasteiger partial charge on any atom is -0.373 e. The number of nitrogens with one attached hydrogen (secondary N) is 1. The molecule has 2 rings (SSSR count). The van der Waals surface area contributed by atoms with Crippen LogP contribution in [0.5, 0.6) is 0 Å².